The first-order chi connectivity index (χ1) is 10.1. The topological polar surface area (TPSA) is 43.4 Å². The Morgan fingerprint density at radius 3 is 2.38 bits per heavy atom. The minimum absolute atomic E-state index is 0.00202. The number of carbonyl (C=O) groups excluding carboxylic acids is 2. The second-order valence-corrected chi connectivity index (χ2v) is 5.95. The van der Waals surface area contributed by atoms with Gasteiger partial charge in [0.1, 0.15) is 12.0 Å². The zero-order valence-corrected chi connectivity index (χ0v) is 12.9. The fraction of sp³-hybridized carbons (Fsp3) is 0.471. The van der Waals surface area contributed by atoms with Crippen molar-refractivity contribution in [1.82, 2.24) is 0 Å². The van der Waals surface area contributed by atoms with Gasteiger partial charge in [0.15, 0.2) is 0 Å². The normalized spacial score (nSPS) is 21.4. The summed E-state index contributed by atoms with van der Waals surface area (Å²) in [5.41, 5.74) is 1.87. The maximum atomic E-state index is 11.3. The summed E-state index contributed by atoms with van der Waals surface area (Å²) >= 11 is 5.86. The van der Waals surface area contributed by atoms with Crippen molar-refractivity contribution in [3.05, 3.63) is 40.4 Å². The lowest BCUT2D eigenvalue weighted by atomic mass is 9.81. The van der Waals surface area contributed by atoms with Gasteiger partial charge in [0.2, 0.25) is 0 Å². The number of ether oxygens (including phenoxy) is 1. The molecular formula is C17H19ClO3. The van der Waals surface area contributed by atoms with E-state index in [0.29, 0.717) is 11.4 Å². The molecule has 0 bridgehead atoms. The summed E-state index contributed by atoms with van der Waals surface area (Å²) < 4.78 is 5.22. The van der Waals surface area contributed by atoms with Gasteiger partial charge in [-0.25, -0.2) is 4.79 Å². The van der Waals surface area contributed by atoms with E-state index in [2.05, 4.69) is 5.94 Å². The number of halogens is 1. The van der Waals surface area contributed by atoms with E-state index >= 15 is 0 Å². The lowest BCUT2D eigenvalue weighted by molar-refractivity contribution is -0.148. The summed E-state index contributed by atoms with van der Waals surface area (Å²) in [5.74, 6) is 2.13. The number of rotatable bonds is 4. The van der Waals surface area contributed by atoms with Crippen LogP contribution in [0, 0.1) is 5.92 Å². The van der Waals surface area contributed by atoms with Crippen LogP contribution in [0.5, 0.6) is 0 Å². The highest BCUT2D eigenvalue weighted by Crippen LogP contribution is 2.32. The third kappa shape index (κ3) is 4.73. The summed E-state index contributed by atoms with van der Waals surface area (Å²) in [6.07, 6.45) is 3.99. The van der Waals surface area contributed by atoms with Crippen LogP contribution in [0.1, 0.15) is 38.2 Å². The molecule has 0 atom stereocenters. The summed E-state index contributed by atoms with van der Waals surface area (Å²) in [6.45, 7) is 1.43. The van der Waals surface area contributed by atoms with E-state index in [1.165, 1.54) is 6.92 Å². The van der Waals surface area contributed by atoms with Crippen LogP contribution in [0.3, 0.4) is 0 Å². The average molecular weight is 307 g/mol. The monoisotopic (exact) mass is 306 g/mol. The Morgan fingerprint density at radius 1 is 1.24 bits per heavy atom. The highest BCUT2D eigenvalue weighted by molar-refractivity contribution is 6.30. The molecule has 21 heavy (non-hydrogen) atoms. The molecule has 1 aliphatic rings. The van der Waals surface area contributed by atoms with Crippen molar-refractivity contribution < 1.29 is 14.3 Å². The molecule has 0 amide bonds. The molecule has 0 saturated heterocycles. The van der Waals surface area contributed by atoms with Crippen LogP contribution in [0.25, 0.3) is 0 Å². The maximum absolute atomic E-state index is 11.3. The largest absolute Gasteiger partial charge is 0.463 e. The van der Waals surface area contributed by atoms with Crippen LogP contribution in [0.15, 0.2) is 29.8 Å². The predicted octanol–water partition coefficient (Wildman–Crippen LogP) is 3.76. The van der Waals surface area contributed by atoms with E-state index in [0.717, 1.165) is 36.8 Å². The zero-order valence-electron chi connectivity index (χ0n) is 12.1. The fourth-order valence-corrected chi connectivity index (χ4v) is 2.98. The maximum Gasteiger partial charge on any atom is 0.302 e. The SMILES string of the molecule is CC(=O)OC1CCC(C(=C=O)Cc2ccc(Cl)cc2)CC1. The first-order valence-electron chi connectivity index (χ1n) is 7.24. The fourth-order valence-electron chi connectivity index (χ4n) is 2.85. The minimum Gasteiger partial charge on any atom is -0.463 e. The number of allylic oxidation sites excluding steroid dienone is 1. The minimum atomic E-state index is -0.231. The quantitative estimate of drug-likeness (QED) is 0.628. The van der Waals surface area contributed by atoms with Crippen LogP contribution in [-0.4, -0.2) is 18.0 Å². The molecule has 0 radical (unpaired) electrons. The molecule has 1 saturated carbocycles. The number of hydrogen-bond acceptors (Lipinski definition) is 3. The molecule has 2 rings (SSSR count). The molecule has 0 unspecified atom stereocenters. The first-order valence-corrected chi connectivity index (χ1v) is 7.62. The van der Waals surface area contributed by atoms with Crippen molar-refractivity contribution in [2.45, 2.75) is 45.1 Å². The number of esters is 1. The van der Waals surface area contributed by atoms with Gasteiger partial charge in [-0.05, 0) is 49.3 Å². The predicted molar refractivity (Wildman–Crippen MR) is 81.9 cm³/mol. The molecule has 1 aromatic rings. The zero-order chi connectivity index (χ0) is 15.2. The molecule has 4 heteroatoms. The summed E-state index contributed by atoms with van der Waals surface area (Å²) in [7, 11) is 0. The van der Waals surface area contributed by atoms with Crippen LogP contribution in [0.4, 0.5) is 0 Å². The van der Waals surface area contributed by atoms with Crippen LogP contribution >= 0.6 is 11.6 Å². The lowest BCUT2D eigenvalue weighted by Crippen LogP contribution is -2.24. The molecule has 0 aromatic heterocycles. The molecule has 0 heterocycles. The van der Waals surface area contributed by atoms with Crippen molar-refractivity contribution in [1.29, 1.82) is 0 Å². The number of carbonyl (C=O) groups is 1. The molecule has 0 spiro atoms. The highest BCUT2D eigenvalue weighted by atomic mass is 35.5. The van der Waals surface area contributed by atoms with E-state index in [1.54, 1.807) is 0 Å². The standard InChI is InChI=1S/C17H19ClO3/c1-12(20)21-17-8-4-14(5-9-17)15(11-19)10-13-2-6-16(18)7-3-13/h2-3,6-7,14,17H,4-5,8-10H2,1H3. The van der Waals surface area contributed by atoms with Gasteiger partial charge in [-0.15, -0.1) is 0 Å². The van der Waals surface area contributed by atoms with E-state index in [9.17, 15) is 9.59 Å². The molecule has 112 valence electrons. The first kappa shape index (κ1) is 15.8. The molecule has 0 N–H and O–H groups in total. The van der Waals surface area contributed by atoms with Gasteiger partial charge in [-0.3, -0.25) is 4.79 Å². The second kappa shape index (κ2) is 7.44. The summed E-state index contributed by atoms with van der Waals surface area (Å²) in [6, 6.07) is 7.53. The van der Waals surface area contributed by atoms with Gasteiger partial charge < -0.3 is 4.74 Å². The number of benzene rings is 1. The molecule has 1 aromatic carbocycles. The molecule has 1 fully saturated rings. The Labute approximate surface area is 129 Å². The van der Waals surface area contributed by atoms with Gasteiger partial charge in [-0.2, -0.15) is 0 Å². The Hall–Kier alpha value is -1.57. The molecule has 3 nitrogen and oxygen atoms in total. The Kier molecular flexibility index (Phi) is 5.60. The molecule has 1 aliphatic carbocycles. The van der Waals surface area contributed by atoms with Crippen LogP contribution in [0.2, 0.25) is 5.02 Å². The van der Waals surface area contributed by atoms with E-state index in [1.807, 2.05) is 24.3 Å². The van der Waals surface area contributed by atoms with Gasteiger partial charge >= 0.3 is 5.97 Å². The van der Waals surface area contributed by atoms with Crippen molar-refractivity contribution in [2.75, 3.05) is 0 Å². The smallest absolute Gasteiger partial charge is 0.302 e. The molecular weight excluding hydrogens is 288 g/mol. The van der Waals surface area contributed by atoms with Gasteiger partial charge in [0, 0.05) is 23.9 Å². The number of hydrogen-bond donors (Lipinski definition) is 0. The average Bonchev–Trinajstić information content (AvgIpc) is 2.47. The van der Waals surface area contributed by atoms with Crippen molar-refractivity contribution in [3.8, 4) is 0 Å². The summed E-state index contributed by atoms with van der Waals surface area (Å²) in [5, 5.41) is 0.692. The van der Waals surface area contributed by atoms with Crippen molar-refractivity contribution in [2.24, 2.45) is 5.92 Å². The third-order valence-electron chi connectivity index (χ3n) is 3.94. The van der Waals surface area contributed by atoms with Crippen molar-refractivity contribution >= 4 is 23.5 Å². The summed E-state index contributed by atoms with van der Waals surface area (Å²) in [4.78, 5) is 22.2. The Balaban J connectivity index is 1.92. The Morgan fingerprint density at radius 2 is 1.86 bits per heavy atom. The van der Waals surface area contributed by atoms with E-state index in [4.69, 9.17) is 16.3 Å². The van der Waals surface area contributed by atoms with Crippen LogP contribution in [-0.2, 0) is 20.7 Å². The third-order valence-corrected chi connectivity index (χ3v) is 4.19. The van der Waals surface area contributed by atoms with Gasteiger partial charge in [0.25, 0.3) is 0 Å². The Bertz CT molecular complexity index is 536. The van der Waals surface area contributed by atoms with E-state index in [-0.39, 0.29) is 18.0 Å². The molecule has 0 aliphatic heterocycles. The van der Waals surface area contributed by atoms with E-state index < -0.39 is 0 Å². The lowest BCUT2D eigenvalue weighted by Gasteiger charge is -2.28. The van der Waals surface area contributed by atoms with Crippen molar-refractivity contribution in [3.63, 3.8) is 0 Å². The second-order valence-electron chi connectivity index (χ2n) is 5.51. The van der Waals surface area contributed by atoms with Gasteiger partial charge in [-0.1, -0.05) is 23.7 Å². The van der Waals surface area contributed by atoms with Gasteiger partial charge in [0.05, 0.1) is 0 Å². The highest BCUT2D eigenvalue weighted by Gasteiger charge is 2.26. The van der Waals surface area contributed by atoms with Crippen LogP contribution < -0.4 is 0 Å².